The Morgan fingerprint density at radius 3 is 2.55 bits per heavy atom. The van der Waals surface area contributed by atoms with E-state index in [1.54, 1.807) is 6.20 Å². The molecule has 7 nitrogen and oxygen atoms in total. The van der Waals surface area contributed by atoms with E-state index in [1.165, 1.54) is 17.1 Å². The molecular weight excluding hydrogens is 392 g/mol. The van der Waals surface area contributed by atoms with Crippen molar-refractivity contribution in [1.29, 1.82) is 5.26 Å². The number of rotatable bonds is 7. The molecule has 0 saturated heterocycles. The van der Waals surface area contributed by atoms with Gasteiger partial charge in [-0.3, -0.25) is 9.78 Å². The highest BCUT2D eigenvalue weighted by molar-refractivity contribution is 5.96. The van der Waals surface area contributed by atoms with Crippen molar-refractivity contribution < 1.29 is 14.3 Å². The summed E-state index contributed by atoms with van der Waals surface area (Å²) in [6.45, 7) is 3.66. The lowest BCUT2D eigenvalue weighted by molar-refractivity contribution is -0.142. The SMILES string of the molecule is Cc1cc(C)cc(N(CCC#N)C(=O)COC(=O)/C=C/c2cnc3ccccc3n2)c1. The molecule has 0 atom stereocenters. The number of ether oxygens (including phenoxy) is 1. The number of aryl methyl sites for hydroxylation is 2. The molecule has 1 heterocycles. The van der Waals surface area contributed by atoms with Crippen LogP contribution in [-0.4, -0.2) is 35.0 Å². The normalized spacial score (nSPS) is 10.7. The summed E-state index contributed by atoms with van der Waals surface area (Å²) in [6, 6.07) is 15.2. The van der Waals surface area contributed by atoms with Crippen molar-refractivity contribution in [3.05, 3.63) is 71.6 Å². The van der Waals surface area contributed by atoms with Crippen molar-refractivity contribution in [3.63, 3.8) is 0 Å². The van der Waals surface area contributed by atoms with Gasteiger partial charge in [0.25, 0.3) is 5.91 Å². The van der Waals surface area contributed by atoms with Gasteiger partial charge in [0.05, 0.1) is 35.4 Å². The molecule has 31 heavy (non-hydrogen) atoms. The molecule has 1 amide bonds. The summed E-state index contributed by atoms with van der Waals surface area (Å²) in [5.74, 6) is -1.06. The summed E-state index contributed by atoms with van der Waals surface area (Å²) in [4.78, 5) is 34.9. The minimum Gasteiger partial charge on any atom is -0.452 e. The van der Waals surface area contributed by atoms with E-state index < -0.39 is 18.5 Å². The number of hydrogen-bond acceptors (Lipinski definition) is 6. The first kappa shape index (κ1) is 21.7. The van der Waals surface area contributed by atoms with Crippen molar-refractivity contribution in [3.8, 4) is 6.07 Å². The Hall–Kier alpha value is -4.05. The zero-order chi connectivity index (χ0) is 22.2. The molecule has 3 rings (SSSR count). The van der Waals surface area contributed by atoms with Crippen LogP contribution in [0.2, 0.25) is 0 Å². The van der Waals surface area contributed by atoms with Gasteiger partial charge in [0.15, 0.2) is 6.61 Å². The van der Waals surface area contributed by atoms with Gasteiger partial charge in [0, 0.05) is 18.3 Å². The second kappa shape index (κ2) is 10.1. The van der Waals surface area contributed by atoms with Crippen LogP contribution in [0, 0.1) is 25.2 Å². The molecule has 0 fully saturated rings. The molecule has 0 aliphatic rings. The van der Waals surface area contributed by atoms with Gasteiger partial charge < -0.3 is 9.64 Å². The van der Waals surface area contributed by atoms with Crippen molar-refractivity contribution in [1.82, 2.24) is 9.97 Å². The van der Waals surface area contributed by atoms with E-state index in [9.17, 15) is 9.59 Å². The van der Waals surface area contributed by atoms with Crippen LogP contribution in [0.3, 0.4) is 0 Å². The van der Waals surface area contributed by atoms with E-state index >= 15 is 0 Å². The fourth-order valence-electron chi connectivity index (χ4n) is 3.13. The Kier molecular flexibility index (Phi) is 7.07. The fraction of sp³-hybridized carbons (Fsp3) is 0.208. The first-order valence-electron chi connectivity index (χ1n) is 9.78. The smallest absolute Gasteiger partial charge is 0.331 e. The van der Waals surface area contributed by atoms with Crippen molar-refractivity contribution in [2.24, 2.45) is 0 Å². The second-order valence-electron chi connectivity index (χ2n) is 7.02. The molecule has 2 aromatic carbocycles. The third-order valence-electron chi connectivity index (χ3n) is 4.46. The van der Waals surface area contributed by atoms with Gasteiger partial charge in [0.1, 0.15) is 0 Å². The number of carbonyl (C=O) groups is 2. The number of esters is 1. The summed E-state index contributed by atoms with van der Waals surface area (Å²) in [5.41, 5.74) is 4.66. The Morgan fingerprint density at radius 1 is 1.13 bits per heavy atom. The van der Waals surface area contributed by atoms with Gasteiger partial charge >= 0.3 is 5.97 Å². The van der Waals surface area contributed by atoms with Gasteiger partial charge in [-0.15, -0.1) is 0 Å². The zero-order valence-electron chi connectivity index (χ0n) is 17.4. The molecule has 156 valence electrons. The summed E-state index contributed by atoms with van der Waals surface area (Å²) < 4.78 is 5.11. The number of aromatic nitrogens is 2. The lowest BCUT2D eigenvalue weighted by Gasteiger charge is -2.22. The molecule has 0 radical (unpaired) electrons. The van der Waals surface area contributed by atoms with Crippen molar-refractivity contribution in [2.75, 3.05) is 18.1 Å². The number of fused-ring (bicyclic) bond motifs is 1. The maximum Gasteiger partial charge on any atom is 0.331 e. The topological polar surface area (TPSA) is 96.2 Å². The average Bonchev–Trinajstić information content (AvgIpc) is 2.75. The monoisotopic (exact) mass is 414 g/mol. The van der Waals surface area contributed by atoms with E-state index in [2.05, 4.69) is 9.97 Å². The standard InChI is InChI=1S/C24H22N4O3/c1-17-12-18(2)14-20(13-17)28(11-5-10-25)23(29)16-31-24(30)9-8-19-15-26-21-6-3-4-7-22(21)27-19/h3-4,6-9,12-15H,5,11,16H2,1-2H3/b9-8+. The maximum atomic E-state index is 12.7. The molecular formula is C24H22N4O3. The first-order chi connectivity index (χ1) is 15.0. The molecule has 3 aromatic rings. The molecule has 0 aliphatic carbocycles. The van der Waals surface area contributed by atoms with Gasteiger partial charge in [0.2, 0.25) is 0 Å². The zero-order valence-corrected chi connectivity index (χ0v) is 17.4. The number of benzene rings is 2. The van der Waals surface area contributed by atoms with Crippen LogP contribution >= 0.6 is 0 Å². The summed E-state index contributed by atoms with van der Waals surface area (Å²) in [6.07, 6.45) is 4.43. The minimum atomic E-state index is -0.663. The summed E-state index contributed by atoms with van der Waals surface area (Å²) >= 11 is 0. The lowest BCUT2D eigenvalue weighted by atomic mass is 10.1. The highest BCUT2D eigenvalue weighted by Gasteiger charge is 2.17. The highest BCUT2D eigenvalue weighted by Crippen LogP contribution is 2.19. The van der Waals surface area contributed by atoms with Crippen LogP contribution in [0.25, 0.3) is 17.1 Å². The lowest BCUT2D eigenvalue weighted by Crippen LogP contribution is -2.35. The number of hydrogen-bond donors (Lipinski definition) is 0. The van der Waals surface area contributed by atoms with Gasteiger partial charge in [-0.1, -0.05) is 18.2 Å². The van der Waals surface area contributed by atoms with Crippen LogP contribution < -0.4 is 4.90 Å². The van der Waals surface area contributed by atoms with E-state index in [-0.39, 0.29) is 13.0 Å². The van der Waals surface area contributed by atoms with Gasteiger partial charge in [-0.05, 0) is 55.3 Å². The largest absolute Gasteiger partial charge is 0.452 e. The molecule has 0 unspecified atom stereocenters. The molecule has 0 aliphatic heterocycles. The third kappa shape index (κ3) is 5.97. The molecule has 7 heteroatoms. The van der Waals surface area contributed by atoms with Gasteiger partial charge in [-0.2, -0.15) is 5.26 Å². The summed E-state index contributed by atoms with van der Waals surface area (Å²) in [7, 11) is 0. The highest BCUT2D eigenvalue weighted by atomic mass is 16.5. The Morgan fingerprint density at radius 2 is 1.84 bits per heavy atom. The molecule has 0 saturated carbocycles. The number of carbonyl (C=O) groups excluding carboxylic acids is 2. The third-order valence-corrected chi connectivity index (χ3v) is 4.46. The molecule has 0 N–H and O–H groups in total. The predicted molar refractivity (Wildman–Crippen MR) is 118 cm³/mol. The van der Waals surface area contributed by atoms with Crippen LogP contribution in [0.5, 0.6) is 0 Å². The summed E-state index contributed by atoms with van der Waals surface area (Å²) in [5, 5.41) is 8.92. The van der Waals surface area contributed by atoms with E-state index in [4.69, 9.17) is 10.00 Å². The van der Waals surface area contributed by atoms with Crippen LogP contribution in [-0.2, 0) is 14.3 Å². The molecule has 0 spiro atoms. The van der Waals surface area contributed by atoms with Crippen LogP contribution in [0.15, 0.2) is 54.7 Å². The minimum absolute atomic E-state index is 0.174. The number of nitrogens with zero attached hydrogens (tertiary/aromatic N) is 4. The number of para-hydroxylation sites is 2. The van der Waals surface area contributed by atoms with Crippen LogP contribution in [0.1, 0.15) is 23.2 Å². The fourth-order valence-corrected chi connectivity index (χ4v) is 3.13. The molecule has 0 bridgehead atoms. The average molecular weight is 414 g/mol. The molecule has 1 aromatic heterocycles. The van der Waals surface area contributed by atoms with E-state index in [0.717, 1.165) is 22.2 Å². The van der Waals surface area contributed by atoms with Crippen LogP contribution in [0.4, 0.5) is 5.69 Å². The van der Waals surface area contributed by atoms with Gasteiger partial charge in [-0.25, -0.2) is 9.78 Å². The first-order valence-corrected chi connectivity index (χ1v) is 9.78. The quantitative estimate of drug-likeness (QED) is 0.432. The Labute approximate surface area is 180 Å². The number of amides is 1. The van der Waals surface area contributed by atoms with Crippen molar-refractivity contribution >= 4 is 34.7 Å². The van der Waals surface area contributed by atoms with E-state index in [1.807, 2.05) is 62.4 Å². The number of nitriles is 1. The Bertz CT molecular complexity index is 1160. The second-order valence-corrected chi connectivity index (χ2v) is 7.02. The predicted octanol–water partition coefficient (Wildman–Crippen LogP) is 3.75. The Balaban J connectivity index is 1.64. The van der Waals surface area contributed by atoms with E-state index in [0.29, 0.717) is 11.4 Å². The maximum absolute atomic E-state index is 12.7. The van der Waals surface area contributed by atoms with Crippen molar-refractivity contribution in [2.45, 2.75) is 20.3 Å². The number of anilines is 1.